The molecule has 0 saturated carbocycles. The predicted octanol–water partition coefficient (Wildman–Crippen LogP) is 4.70. The first-order chi connectivity index (χ1) is 11.5. The van der Waals surface area contributed by atoms with Gasteiger partial charge in [0, 0.05) is 5.56 Å². The van der Waals surface area contributed by atoms with Gasteiger partial charge >= 0.3 is 5.97 Å². The number of nitrogens with zero attached hydrogens (tertiary/aromatic N) is 1. The highest BCUT2D eigenvalue weighted by atomic mass is 32.1. The van der Waals surface area contributed by atoms with E-state index in [2.05, 4.69) is 18.0 Å². The molecule has 2 aromatic carbocycles. The van der Waals surface area contributed by atoms with Gasteiger partial charge in [0.15, 0.2) is 0 Å². The largest absolute Gasteiger partial charge is 0.489 e. The van der Waals surface area contributed by atoms with Crippen LogP contribution in [0.3, 0.4) is 0 Å². The van der Waals surface area contributed by atoms with Crippen LogP contribution in [0.5, 0.6) is 5.75 Å². The standard InChI is InChI=1S/C19H17NO3S/c1-12-6-3-4-7-15(12)11-23-16-9-5-8-14(10-16)18-20-13(2)17(24-18)19(21)22/h3-10H,11H2,1-2H3,(H,21,22). The van der Waals surface area contributed by atoms with Gasteiger partial charge in [0.05, 0.1) is 5.69 Å². The number of aryl methyl sites for hydroxylation is 2. The Kier molecular flexibility index (Phi) is 4.62. The van der Waals surface area contributed by atoms with Gasteiger partial charge in [0.1, 0.15) is 22.2 Å². The number of carboxylic acid groups (broad SMARTS) is 1. The van der Waals surface area contributed by atoms with E-state index in [1.807, 2.05) is 42.5 Å². The van der Waals surface area contributed by atoms with E-state index in [0.29, 0.717) is 17.3 Å². The monoisotopic (exact) mass is 339 g/mol. The molecule has 3 rings (SSSR count). The number of carbonyl (C=O) groups is 1. The molecule has 24 heavy (non-hydrogen) atoms. The van der Waals surface area contributed by atoms with Crippen molar-refractivity contribution in [2.45, 2.75) is 20.5 Å². The van der Waals surface area contributed by atoms with E-state index in [4.69, 9.17) is 9.84 Å². The minimum Gasteiger partial charge on any atom is -0.489 e. The molecule has 1 heterocycles. The zero-order valence-electron chi connectivity index (χ0n) is 13.4. The van der Waals surface area contributed by atoms with Crippen LogP contribution in [-0.2, 0) is 6.61 Å². The van der Waals surface area contributed by atoms with Crippen molar-refractivity contribution >= 4 is 17.3 Å². The van der Waals surface area contributed by atoms with Gasteiger partial charge in [-0.25, -0.2) is 9.78 Å². The number of benzene rings is 2. The molecule has 4 nitrogen and oxygen atoms in total. The normalized spacial score (nSPS) is 10.6. The molecule has 3 aromatic rings. The molecule has 0 spiro atoms. The second-order valence-electron chi connectivity index (χ2n) is 5.48. The lowest BCUT2D eigenvalue weighted by Crippen LogP contribution is -1.97. The Morgan fingerprint density at radius 3 is 2.67 bits per heavy atom. The van der Waals surface area contributed by atoms with Crippen LogP contribution in [0.25, 0.3) is 10.6 Å². The summed E-state index contributed by atoms with van der Waals surface area (Å²) in [6, 6.07) is 15.7. The molecular formula is C19H17NO3S. The zero-order valence-corrected chi connectivity index (χ0v) is 14.3. The van der Waals surface area contributed by atoms with Gasteiger partial charge in [-0.3, -0.25) is 0 Å². The fraction of sp³-hybridized carbons (Fsp3) is 0.158. The molecule has 0 aliphatic rings. The van der Waals surface area contributed by atoms with Crippen LogP contribution < -0.4 is 4.74 Å². The number of aromatic carboxylic acids is 1. The van der Waals surface area contributed by atoms with Gasteiger partial charge in [-0.2, -0.15) is 0 Å². The van der Waals surface area contributed by atoms with Gasteiger partial charge in [-0.05, 0) is 37.1 Å². The Bertz CT molecular complexity index is 886. The molecule has 0 fully saturated rings. The summed E-state index contributed by atoms with van der Waals surface area (Å²) >= 11 is 1.18. The van der Waals surface area contributed by atoms with Crippen molar-refractivity contribution in [2.75, 3.05) is 0 Å². The maximum absolute atomic E-state index is 11.2. The first kappa shape index (κ1) is 16.2. The minimum atomic E-state index is -0.941. The molecule has 0 radical (unpaired) electrons. The van der Waals surface area contributed by atoms with E-state index in [1.165, 1.54) is 16.9 Å². The van der Waals surface area contributed by atoms with E-state index in [0.717, 1.165) is 16.9 Å². The van der Waals surface area contributed by atoms with E-state index >= 15 is 0 Å². The van der Waals surface area contributed by atoms with Crippen molar-refractivity contribution in [3.05, 3.63) is 70.2 Å². The number of rotatable bonds is 5. The molecule has 1 N–H and O–H groups in total. The first-order valence-corrected chi connectivity index (χ1v) is 8.34. The average Bonchev–Trinajstić information content (AvgIpc) is 2.97. The molecule has 0 aliphatic heterocycles. The SMILES string of the molecule is Cc1ccccc1COc1cccc(-c2nc(C)c(C(=O)O)s2)c1. The molecular weight excluding hydrogens is 322 g/mol. The van der Waals surface area contributed by atoms with E-state index in [9.17, 15) is 4.79 Å². The molecule has 0 aliphatic carbocycles. The second-order valence-corrected chi connectivity index (χ2v) is 6.48. The van der Waals surface area contributed by atoms with Crippen LogP contribution in [0.1, 0.15) is 26.5 Å². The molecule has 0 amide bonds. The predicted molar refractivity (Wildman–Crippen MR) is 94.8 cm³/mol. The van der Waals surface area contributed by atoms with Crippen LogP contribution in [0, 0.1) is 13.8 Å². The van der Waals surface area contributed by atoms with Crippen molar-refractivity contribution in [1.29, 1.82) is 0 Å². The van der Waals surface area contributed by atoms with Crippen molar-refractivity contribution in [3.63, 3.8) is 0 Å². The quantitative estimate of drug-likeness (QED) is 0.732. The maximum atomic E-state index is 11.2. The summed E-state index contributed by atoms with van der Waals surface area (Å²) in [4.78, 5) is 15.8. The number of ether oxygens (including phenoxy) is 1. The maximum Gasteiger partial charge on any atom is 0.347 e. The summed E-state index contributed by atoms with van der Waals surface area (Å²) in [6.07, 6.45) is 0. The smallest absolute Gasteiger partial charge is 0.347 e. The van der Waals surface area contributed by atoms with Crippen LogP contribution >= 0.6 is 11.3 Å². The Morgan fingerprint density at radius 2 is 1.96 bits per heavy atom. The first-order valence-electron chi connectivity index (χ1n) is 7.53. The Hall–Kier alpha value is -2.66. The molecule has 1 aromatic heterocycles. The summed E-state index contributed by atoms with van der Waals surface area (Å²) in [7, 11) is 0. The summed E-state index contributed by atoms with van der Waals surface area (Å²) in [5.41, 5.74) is 3.73. The highest BCUT2D eigenvalue weighted by Crippen LogP contribution is 2.30. The fourth-order valence-electron chi connectivity index (χ4n) is 2.37. The average molecular weight is 339 g/mol. The lowest BCUT2D eigenvalue weighted by molar-refractivity contribution is 0.0701. The third kappa shape index (κ3) is 3.46. The topological polar surface area (TPSA) is 59.4 Å². The number of carboxylic acids is 1. The van der Waals surface area contributed by atoms with Crippen molar-refractivity contribution in [2.24, 2.45) is 0 Å². The van der Waals surface area contributed by atoms with E-state index in [-0.39, 0.29) is 4.88 Å². The van der Waals surface area contributed by atoms with Gasteiger partial charge in [0.25, 0.3) is 0 Å². The third-order valence-electron chi connectivity index (χ3n) is 3.73. The number of thiazole rings is 1. The summed E-state index contributed by atoms with van der Waals surface area (Å²) < 4.78 is 5.88. The lowest BCUT2D eigenvalue weighted by atomic mass is 10.1. The Labute approximate surface area is 144 Å². The molecule has 5 heteroatoms. The van der Waals surface area contributed by atoms with Crippen molar-refractivity contribution < 1.29 is 14.6 Å². The van der Waals surface area contributed by atoms with Crippen LogP contribution in [0.4, 0.5) is 0 Å². The second kappa shape index (κ2) is 6.84. The van der Waals surface area contributed by atoms with Crippen molar-refractivity contribution in [3.8, 4) is 16.3 Å². The van der Waals surface area contributed by atoms with Crippen LogP contribution in [0.15, 0.2) is 48.5 Å². The van der Waals surface area contributed by atoms with Gasteiger partial charge < -0.3 is 9.84 Å². The van der Waals surface area contributed by atoms with Crippen LogP contribution in [-0.4, -0.2) is 16.1 Å². The third-order valence-corrected chi connectivity index (χ3v) is 4.92. The summed E-state index contributed by atoms with van der Waals surface area (Å²) in [6.45, 7) is 4.26. The minimum absolute atomic E-state index is 0.274. The Morgan fingerprint density at radius 1 is 1.17 bits per heavy atom. The van der Waals surface area contributed by atoms with Gasteiger partial charge in [0.2, 0.25) is 0 Å². The van der Waals surface area contributed by atoms with Crippen LogP contribution in [0.2, 0.25) is 0 Å². The zero-order chi connectivity index (χ0) is 17.1. The van der Waals surface area contributed by atoms with Crippen molar-refractivity contribution in [1.82, 2.24) is 4.98 Å². The number of hydrogen-bond donors (Lipinski definition) is 1. The van der Waals surface area contributed by atoms with E-state index < -0.39 is 5.97 Å². The lowest BCUT2D eigenvalue weighted by Gasteiger charge is -2.09. The number of aromatic nitrogens is 1. The number of hydrogen-bond acceptors (Lipinski definition) is 4. The summed E-state index contributed by atoms with van der Waals surface area (Å²) in [5.74, 6) is -0.205. The van der Waals surface area contributed by atoms with Gasteiger partial charge in [-0.1, -0.05) is 36.4 Å². The fourth-order valence-corrected chi connectivity index (χ4v) is 3.27. The molecule has 0 bridgehead atoms. The highest BCUT2D eigenvalue weighted by Gasteiger charge is 2.15. The molecule has 122 valence electrons. The molecule has 0 unspecified atom stereocenters. The highest BCUT2D eigenvalue weighted by molar-refractivity contribution is 7.17. The molecule has 0 saturated heterocycles. The summed E-state index contributed by atoms with van der Waals surface area (Å²) in [5, 5.41) is 9.85. The Balaban J connectivity index is 1.81. The van der Waals surface area contributed by atoms with Gasteiger partial charge in [-0.15, -0.1) is 11.3 Å². The van der Waals surface area contributed by atoms with E-state index in [1.54, 1.807) is 6.92 Å². The molecule has 0 atom stereocenters.